The predicted octanol–water partition coefficient (Wildman–Crippen LogP) is 3.73. The molecule has 1 saturated heterocycles. The van der Waals surface area contributed by atoms with Gasteiger partial charge in [-0.3, -0.25) is 4.79 Å². The second kappa shape index (κ2) is 9.99. The minimum Gasteiger partial charge on any atom is -0.370 e. The number of carbonyl (C=O) groups is 1. The van der Waals surface area contributed by atoms with Crippen molar-refractivity contribution < 1.29 is 4.79 Å². The molecule has 0 atom stereocenters. The summed E-state index contributed by atoms with van der Waals surface area (Å²) in [5, 5.41) is 3.05. The van der Waals surface area contributed by atoms with Gasteiger partial charge in [-0.05, 0) is 49.8 Å². The Hall–Kier alpha value is -1.31. The lowest BCUT2D eigenvalue weighted by Crippen LogP contribution is -2.40. The fourth-order valence-corrected chi connectivity index (χ4v) is 3.58. The van der Waals surface area contributed by atoms with Gasteiger partial charge in [0, 0.05) is 24.7 Å². The molecule has 1 aliphatic carbocycles. The minimum absolute atomic E-state index is 0. The second-order valence-corrected chi connectivity index (χ2v) is 6.89. The van der Waals surface area contributed by atoms with Crippen molar-refractivity contribution in [2.75, 3.05) is 18.4 Å². The van der Waals surface area contributed by atoms with Crippen LogP contribution in [0.15, 0.2) is 29.3 Å². The average Bonchev–Trinajstić information content (AvgIpc) is 3.15. The molecule has 2 fully saturated rings. The van der Waals surface area contributed by atoms with Crippen LogP contribution in [-0.2, 0) is 11.3 Å². The molecular formula is C19H29IN4O. The first-order valence-corrected chi connectivity index (χ1v) is 9.17. The van der Waals surface area contributed by atoms with Crippen LogP contribution in [0.4, 0.5) is 5.69 Å². The van der Waals surface area contributed by atoms with E-state index in [1.54, 1.807) is 0 Å². The number of aliphatic imine (C=N–C) groups is 1. The Labute approximate surface area is 167 Å². The number of rotatable bonds is 4. The van der Waals surface area contributed by atoms with Crippen LogP contribution in [0, 0.1) is 5.92 Å². The minimum atomic E-state index is 0. The fourth-order valence-electron chi connectivity index (χ4n) is 3.58. The van der Waals surface area contributed by atoms with Crippen molar-refractivity contribution in [3.05, 3.63) is 29.8 Å². The highest BCUT2D eigenvalue weighted by atomic mass is 127. The zero-order valence-electron chi connectivity index (χ0n) is 14.7. The number of amides is 1. The molecule has 3 rings (SSSR count). The number of nitrogens with zero attached hydrogens (tertiary/aromatic N) is 2. The lowest BCUT2D eigenvalue weighted by molar-refractivity contribution is -0.119. The summed E-state index contributed by atoms with van der Waals surface area (Å²) < 4.78 is 0. The van der Waals surface area contributed by atoms with Crippen molar-refractivity contribution >= 4 is 41.5 Å². The molecule has 0 spiro atoms. The molecule has 2 aliphatic rings. The molecule has 1 amide bonds. The van der Waals surface area contributed by atoms with Crippen LogP contribution in [0.5, 0.6) is 0 Å². The SMILES string of the molecule is I.NC(=NCc1cccc(NC(=O)C2CCCC2)c1)N1CCCCC1. The van der Waals surface area contributed by atoms with Crippen molar-refractivity contribution in [3.63, 3.8) is 0 Å². The molecule has 3 N–H and O–H groups in total. The molecule has 1 heterocycles. The number of benzene rings is 1. The molecule has 5 nitrogen and oxygen atoms in total. The highest BCUT2D eigenvalue weighted by Crippen LogP contribution is 2.26. The molecule has 1 saturated carbocycles. The third kappa shape index (κ3) is 5.87. The van der Waals surface area contributed by atoms with Crippen molar-refractivity contribution in [1.29, 1.82) is 0 Å². The summed E-state index contributed by atoms with van der Waals surface area (Å²) in [6.07, 6.45) is 8.04. The van der Waals surface area contributed by atoms with Gasteiger partial charge in [-0.1, -0.05) is 25.0 Å². The average molecular weight is 456 g/mol. The Morgan fingerprint density at radius 2 is 1.88 bits per heavy atom. The largest absolute Gasteiger partial charge is 0.370 e. The summed E-state index contributed by atoms with van der Waals surface area (Å²) >= 11 is 0. The maximum absolute atomic E-state index is 12.2. The van der Waals surface area contributed by atoms with Crippen LogP contribution >= 0.6 is 24.0 Å². The van der Waals surface area contributed by atoms with E-state index in [2.05, 4.69) is 15.2 Å². The van der Waals surface area contributed by atoms with Crippen molar-refractivity contribution in [3.8, 4) is 0 Å². The molecule has 25 heavy (non-hydrogen) atoms. The highest BCUT2D eigenvalue weighted by Gasteiger charge is 2.22. The first kappa shape index (κ1) is 20.0. The van der Waals surface area contributed by atoms with E-state index < -0.39 is 0 Å². The Morgan fingerprint density at radius 3 is 2.60 bits per heavy atom. The van der Waals surface area contributed by atoms with E-state index in [4.69, 9.17) is 5.73 Å². The van der Waals surface area contributed by atoms with E-state index in [-0.39, 0.29) is 35.8 Å². The molecule has 0 aromatic heterocycles. The summed E-state index contributed by atoms with van der Waals surface area (Å²) in [6.45, 7) is 2.56. The van der Waals surface area contributed by atoms with Gasteiger partial charge >= 0.3 is 0 Å². The molecule has 1 aromatic carbocycles. The quantitative estimate of drug-likeness (QED) is 0.412. The standard InChI is InChI=1S/C19H28N4O.HI/c20-19(23-11-4-1-5-12-23)21-14-15-7-6-10-17(13-15)22-18(24)16-8-2-3-9-16;/h6-7,10,13,16H,1-5,8-9,11-12,14H2,(H2,20,21)(H,22,24);1H. The number of hydrogen-bond donors (Lipinski definition) is 2. The molecule has 0 radical (unpaired) electrons. The molecule has 0 bridgehead atoms. The Morgan fingerprint density at radius 1 is 1.16 bits per heavy atom. The second-order valence-electron chi connectivity index (χ2n) is 6.89. The Balaban J connectivity index is 0.00000225. The Kier molecular flexibility index (Phi) is 7.99. The summed E-state index contributed by atoms with van der Waals surface area (Å²) in [5.41, 5.74) is 8.03. The molecule has 1 aliphatic heterocycles. The maximum atomic E-state index is 12.2. The van der Waals surface area contributed by atoms with Gasteiger partial charge in [-0.15, -0.1) is 24.0 Å². The lowest BCUT2D eigenvalue weighted by atomic mass is 10.1. The monoisotopic (exact) mass is 456 g/mol. The lowest BCUT2D eigenvalue weighted by Gasteiger charge is -2.27. The third-order valence-electron chi connectivity index (χ3n) is 5.02. The maximum Gasteiger partial charge on any atom is 0.227 e. The number of guanidine groups is 1. The van der Waals surface area contributed by atoms with Crippen LogP contribution in [0.25, 0.3) is 0 Å². The number of halogens is 1. The van der Waals surface area contributed by atoms with Crippen LogP contribution in [-0.4, -0.2) is 29.9 Å². The number of hydrogen-bond acceptors (Lipinski definition) is 2. The van der Waals surface area contributed by atoms with Crippen LogP contribution in [0.2, 0.25) is 0 Å². The van der Waals surface area contributed by atoms with Gasteiger partial charge in [0.25, 0.3) is 0 Å². The number of anilines is 1. The van der Waals surface area contributed by atoms with Gasteiger partial charge in [0.15, 0.2) is 5.96 Å². The van der Waals surface area contributed by atoms with E-state index in [1.807, 2.05) is 24.3 Å². The normalized spacial score (nSPS) is 18.7. The Bertz CT molecular complexity index is 593. The zero-order chi connectivity index (χ0) is 16.8. The predicted molar refractivity (Wildman–Crippen MR) is 113 cm³/mol. The van der Waals surface area contributed by atoms with Crippen molar-refractivity contribution in [1.82, 2.24) is 4.90 Å². The van der Waals surface area contributed by atoms with E-state index in [0.717, 1.165) is 37.2 Å². The molecule has 138 valence electrons. The number of piperidine rings is 1. The van der Waals surface area contributed by atoms with Gasteiger partial charge in [0.2, 0.25) is 5.91 Å². The number of likely N-dealkylation sites (tertiary alicyclic amines) is 1. The van der Waals surface area contributed by atoms with E-state index in [1.165, 1.54) is 32.1 Å². The van der Waals surface area contributed by atoms with Gasteiger partial charge in [-0.2, -0.15) is 0 Å². The zero-order valence-corrected chi connectivity index (χ0v) is 17.1. The van der Waals surface area contributed by atoms with Crippen molar-refractivity contribution in [2.45, 2.75) is 51.5 Å². The van der Waals surface area contributed by atoms with Gasteiger partial charge in [-0.25, -0.2) is 4.99 Å². The van der Waals surface area contributed by atoms with E-state index in [9.17, 15) is 4.79 Å². The first-order chi connectivity index (χ1) is 11.7. The topological polar surface area (TPSA) is 70.7 Å². The third-order valence-corrected chi connectivity index (χ3v) is 5.02. The fraction of sp³-hybridized carbons (Fsp3) is 0.579. The molecule has 1 aromatic rings. The van der Waals surface area contributed by atoms with E-state index in [0.29, 0.717) is 12.5 Å². The number of nitrogens with two attached hydrogens (primary N) is 1. The molecule has 0 unspecified atom stereocenters. The summed E-state index contributed by atoms with van der Waals surface area (Å²) in [5.74, 6) is 0.970. The van der Waals surface area contributed by atoms with Crippen LogP contribution < -0.4 is 11.1 Å². The summed E-state index contributed by atoms with van der Waals surface area (Å²) in [4.78, 5) is 18.9. The first-order valence-electron chi connectivity index (χ1n) is 9.17. The molecule has 6 heteroatoms. The number of carbonyl (C=O) groups excluding carboxylic acids is 1. The number of nitrogens with one attached hydrogen (secondary N) is 1. The van der Waals surface area contributed by atoms with Crippen LogP contribution in [0.3, 0.4) is 0 Å². The van der Waals surface area contributed by atoms with Crippen LogP contribution in [0.1, 0.15) is 50.5 Å². The summed E-state index contributed by atoms with van der Waals surface area (Å²) in [6, 6.07) is 7.93. The molecular weight excluding hydrogens is 427 g/mol. The van der Waals surface area contributed by atoms with Gasteiger partial charge < -0.3 is 16.0 Å². The summed E-state index contributed by atoms with van der Waals surface area (Å²) in [7, 11) is 0. The van der Waals surface area contributed by atoms with Gasteiger partial charge in [0.1, 0.15) is 0 Å². The van der Waals surface area contributed by atoms with Crippen molar-refractivity contribution in [2.24, 2.45) is 16.6 Å². The highest BCUT2D eigenvalue weighted by molar-refractivity contribution is 14.0. The smallest absolute Gasteiger partial charge is 0.227 e. The van der Waals surface area contributed by atoms with Gasteiger partial charge in [0.05, 0.1) is 6.54 Å². The van der Waals surface area contributed by atoms with E-state index >= 15 is 0 Å².